The topological polar surface area (TPSA) is 52.7 Å². The third-order valence-electron chi connectivity index (χ3n) is 9.84. The normalized spacial score (nSPS) is 44.2. The number of carbonyl (C=O) groups excluding carboxylic acids is 2. The highest BCUT2D eigenvalue weighted by Crippen LogP contribution is 2.63. The van der Waals surface area contributed by atoms with E-state index in [1.807, 2.05) is 11.9 Å². The van der Waals surface area contributed by atoms with Gasteiger partial charge in [-0.15, -0.1) is 0 Å². The predicted molar refractivity (Wildman–Crippen MR) is 115 cm³/mol. The number of amides is 3. The molecule has 3 saturated carbocycles. The van der Waals surface area contributed by atoms with Gasteiger partial charge in [0, 0.05) is 44.1 Å². The van der Waals surface area contributed by atoms with Crippen molar-refractivity contribution in [1.29, 1.82) is 0 Å². The lowest BCUT2D eigenvalue weighted by Crippen LogP contribution is -2.68. The van der Waals surface area contributed by atoms with Crippen molar-refractivity contribution in [2.75, 3.05) is 26.7 Å². The Labute approximate surface area is 177 Å². The Morgan fingerprint density at radius 3 is 2.45 bits per heavy atom. The van der Waals surface area contributed by atoms with Crippen molar-refractivity contribution >= 4 is 11.9 Å². The van der Waals surface area contributed by atoms with Gasteiger partial charge in [-0.1, -0.05) is 20.3 Å². The average molecular weight is 404 g/mol. The molecule has 4 fully saturated rings. The quantitative estimate of drug-likeness (QED) is 0.770. The summed E-state index contributed by atoms with van der Waals surface area (Å²) in [5.74, 6) is 2.61. The van der Waals surface area contributed by atoms with E-state index in [4.69, 9.17) is 0 Å². The molecule has 5 heteroatoms. The van der Waals surface area contributed by atoms with Crippen LogP contribution in [0.2, 0.25) is 0 Å². The minimum absolute atomic E-state index is 0.0918. The zero-order chi connectivity index (χ0) is 21.0. The van der Waals surface area contributed by atoms with Gasteiger partial charge in [0.1, 0.15) is 0 Å². The second kappa shape index (κ2) is 7.46. The summed E-state index contributed by atoms with van der Waals surface area (Å²) in [5.41, 5.74) is 0.300. The van der Waals surface area contributed by atoms with Crippen molar-refractivity contribution in [2.45, 2.75) is 78.7 Å². The fraction of sp³-hybridized carbons (Fsp3) is 0.917. The van der Waals surface area contributed by atoms with Crippen molar-refractivity contribution in [3.63, 3.8) is 0 Å². The molecule has 1 aliphatic heterocycles. The van der Waals surface area contributed by atoms with Crippen LogP contribution < -0.4 is 5.32 Å². The molecule has 0 aromatic rings. The Morgan fingerprint density at radius 1 is 1.07 bits per heavy atom. The molecule has 1 N–H and O–H groups in total. The van der Waals surface area contributed by atoms with Gasteiger partial charge in [-0.25, -0.2) is 4.79 Å². The van der Waals surface area contributed by atoms with E-state index in [9.17, 15) is 9.59 Å². The standard InChI is InChI=1S/C24H41N3O2/c1-6-27(7-2)21(28)19-10-8-9-17-16-11-12-20-24(4,15-25-22(29)26(20)5)18(16)13-14-23(17,19)3/h16-20H,6-15H2,1-5H3,(H,25,29)/t16-,17-,18-,19+,20+,23-,24+/m0/s1. The van der Waals surface area contributed by atoms with Gasteiger partial charge < -0.3 is 15.1 Å². The van der Waals surface area contributed by atoms with Crippen molar-refractivity contribution in [3.8, 4) is 0 Å². The van der Waals surface area contributed by atoms with E-state index in [1.165, 1.54) is 25.7 Å². The number of nitrogens with zero attached hydrogens (tertiary/aromatic N) is 2. The number of urea groups is 1. The van der Waals surface area contributed by atoms with E-state index in [2.05, 4.69) is 37.9 Å². The first-order valence-corrected chi connectivity index (χ1v) is 12.1. The van der Waals surface area contributed by atoms with E-state index >= 15 is 0 Å². The summed E-state index contributed by atoms with van der Waals surface area (Å²) in [7, 11) is 1.98. The molecule has 0 aromatic carbocycles. The first kappa shape index (κ1) is 21.0. The molecule has 5 nitrogen and oxygen atoms in total. The molecule has 1 heterocycles. The SMILES string of the molecule is CCN(CC)C(=O)[C@H]1CCC[C@H]2[C@@H]3CC[C@H]4N(C)C(=O)NC[C@]4(C)[C@H]3CC[C@]12C. The lowest BCUT2D eigenvalue weighted by atomic mass is 9.43. The highest BCUT2D eigenvalue weighted by atomic mass is 16.2. The molecule has 0 aromatic heterocycles. The first-order chi connectivity index (χ1) is 13.8. The van der Waals surface area contributed by atoms with Crippen molar-refractivity contribution in [2.24, 2.45) is 34.5 Å². The molecule has 1 saturated heterocycles. The Morgan fingerprint density at radius 2 is 1.76 bits per heavy atom. The predicted octanol–water partition coefficient (Wildman–Crippen LogP) is 4.13. The van der Waals surface area contributed by atoms with Crippen LogP contribution in [0.1, 0.15) is 72.6 Å². The minimum Gasteiger partial charge on any atom is -0.343 e. The van der Waals surface area contributed by atoms with Crippen LogP contribution in [0.4, 0.5) is 4.79 Å². The Bertz CT molecular complexity index is 663. The van der Waals surface area contributed by atoms with Crippen LogP contribution in [0, 0.1) is 34.5 Å². The van der Waals surface area contributed by atoms with E-state index in [-0.39, 0.29) is 22.8 Å². The maximum atomic E-state index is 13.4. The summed E-state index contributed by atoms with van der Waals surface area (Å²) >= 11 is 0. The van der Waals surface area contributed by atoms with Gasteiger partial charge in [-0.3, -0.25) is 4.79 Å². The number of hydrogen-bond donors (Lipinski definition) is 1. The second-order valence-corrected chi connectivity index (χ2v) is 10.8. The van der Waals surface area contributed by atoms with Crippen molar-refractivity contribution in [3.05, 3.63) is 0 Å². The molecule has 0 spiro atoms. The molecule has 3 amide bonds. The highest BCUT2D eigenvalue weighted by molar-refractivity contribution is 5.80. The van der Waals surface area contributed by atoms with Gasteiger partial charge in [0.15, 0.2) is 0 Å². The van der Waals surface area contributed by atoms with Gasteiger partial charge in [-0.05, 0) is 75.5 Å². The first-order valence-electron chi connectivity index (χ1n) is 12.1. The molecule has 0 radical (unpaired) electrons. The lowest BCUT2D eigenvalue weighted by Gasteiger charge is -2.64. The average Bonchev–Trinajstić information content (AvgIpc) is 2.70. The monoisotopic (exact) mass is 403 g/mol. The van der Waals surface area contributed by atoms with E-state index in [0.717, 1.165) is 38.9 Å². The van der Waals surface area contributed by atoms with Crippen molar-refractivity contribution in [1.82, 2.24) is 15.1 Å². The van der Waals surface area contributed by atoms with Crippen molar-refractivity contribution < 1.29 is 9.59 Å². The van der Waals surface area contributed by atoms with Gasteiger partial charge in [0.2, 0.25) is 5.91 Å². The Kier molecular flexibility index (Phi) is 5.40. The molecule has 0 bridgehead atoms. The number of hydrogen-bond acceptors (Lipinski definition) is 2. The van der Waals surface area contributed by atoms with Gasteiger partial charge in [-0.2, -0.15) is 0 Å². The zero-order valence-electron chi connectivity index (χ0n) is 19.2. The molecule has 7 atom stereocenters. The zero-order valence-corrected chi connectivity index (χ0v) is 19.2. The van der Waals surface area contributed by atoms with Crippen LogP contribution in [-0.2, 0) is 4.79 Å². The largest absolute Gasteiger partial charge is 0.343 e. The third kappa shape index (κ3) is 3.01. The van der Waals surface area contributed by atoms with E-state index in [0.29, 0.717) is 29.7 Å². The molecule has 3 aliphatic carbocycles. The van der Waals surface area contributed by atoms with Crippen LogP contribution in [0.5, 0.6) is 0 Å². The summed E-state index contributed by atoms with van der Waals surface area (Å²) in [4.78, 5) is 29.7. The van der Waals surface area contributed by atoms with Crippen LogP contribution in [-0.4, -0.2) is 54.5 Å². The summed E-state index contributed by atoms with van der Waals surface area (Å²) in [6.07, 6.45) is 8.24. The van der Waals surface area contributed by atoms with Crippen LogP contribution in [0.25, 0.3) is 0 Å². The number of fused-ring (bicyclic) bond motifs is 5. The maximum Gasteiger partial charge on any atom is 0.317 e. The highest BCUT2D eigenvalue weighted by Gasteiger charge is 2.61. The molecule has 164 valence electrons. The summed E-state index contributed by atoms with van der Waals surface area (Å²) in [5, 5.41) is 3.17. The van der Waals surface area contributed by atoms with E-state index in [1.54, 1.807) is 0 Å². The van der Waals surface area contributed by atoms with Crippen LogP contribution in [0.3, 0.4) is 0 Å². The second-order valence-electron chi connectivity index (χ2n) is 10.8. The van der Waals surface area contributed by atoms with Gasteiger partial charge >= 0.3 is 6.03 Å². The number of rotatable bonds is 3. The Hall–Kier alpha value is -1.26. The fourth-order valence-electron chi connectivity index (χ4n) is 8.21. The molecule has 0 unspecified atom stereocenters. The smallest absolute Gasteiger partial charge is 0.317 e. The maximum absolute atomic E-state index is 13.4. The summed E-state index contributed by atoms with van der Waals surface area (Å²) in [6.45, 7) is 11.5. The molecule has 4 rings (SSSR count). The van der Waals surface area contributed by atoms with Gasteiger partial charge in [0.05, 0.1) is 0 Å². The fourth-order valence-corrected chi connectivity index (χ4v) is 8.21. The minimum atomic E-state index is 0.0918. The third-order valence-corrected chi connectivity index (χ3v) is 9.84. The Balaban J connectivity index is 1.61. The molecule has 29 heavy (non-hydrogen) atoms. The molecule has 4 aliphatic rings. The van der Waals surface area contributed by atoms with Crippen LogP contribution >= 0.6 is 0 Å². The number of carbonyl (C=O) groups is 2. The molecular formula is C24H41N3O2. The summed E-state index contributed by atoms with van der Waals surface area (Å²) < 4.78 is 0. The van der Waals surface area contributed by atoms with Crippen LogP contribution in [0.15, 0.2) is 0 Å². The molecular weight excluding hydrogens is 362 g/mol. The lowest BCUT2D eigenvalue weighted by molar-refractivity contribution is -0.161. The van der Waals surface area contributed by atoms with Gasteiger partial charge in [0.25, 0.3) is 0 Å². The number of nitrogens with one attached hydrogen (secondary N) is 1. The summed E-state index contributed by atoms with van der Waals surface area (Å²) in [6, 6.07) is 0.452. The van der Waals surface area contributed by atoms with E-state index < -0.39 is 0 Å².